The van der Waals surface area contributed by atoms with Crippen LogP contribution >= 0.6 is 0 Å². The minimum atomic E-state index is -0.711. The molecule has 0 radical (unpaired) electrons. The third-order valence-electron chi connectivity index (χ3n) is 5.93. The highest BCUT2D eigenvalue weighted by Crippen LogP contribution is 2.35. The summed E-state index contributed by atoms with van der Waals surface area (Å²) in [5.74, 6) is 0.541. The summed E-state index contributed by atoms with van der Waals surface area (Å²) < 4.78 is 5.85. The van der Waals surface area contributed by atoms with Crippen LogP contribution in [0.3, 0.4) is 0 Å². The van der Waals surface area contributed by atoms with Gasteiger partial charge in [-0.2, -0.15) is 0 Å². The average Bonchev–Trinajstić information content (AvgIpc) is 3.22. The Morgan fingerprint density at radius 1 is 1.21 bits per heavy atom. The maximum atomic E-state index is 12.6. The van der Waals surface area contributed by atoms with Gasteiger partial charge in [0.05, 0.1) is 6.61 Å². The van der Waals surface area contributed by atoms with Gasteiger partial charge in [0.25, 0.3) is 5.91 Å². The standard InChI is InChI=1S/C22H31N3O4/c1-15-13-16(2)17(3)18(14-15)29-12-6-10-23-19(26)7-11-25-20(27)22(24-21(25)28)8-4-5-9-22/h13-14H,4-12H2,1-3H3,(H,23,26)(H,24,28). The molecule has 4 amide bonds. The van der Waals surface area contributed by atoms with Crippen molar-refractivity contribution >= 4 is 17.8 Å². The van der Waals surface area contributed by atoms with Crippen LogP contribution in [0.4, 0.5) is 4.79 Å². The summed E-state index contributed by atoms with van der Waals surface area (Å²) in [6.45, 7) is 7.27. The van der Waals surface area contributed by atoms with Crippen LogP contribution in [-0.2, 0) is 9.59 Å². The van der Waals surface area contributed by atoms with E-state index in [1.54, 1.807) is 0 Å². The predicted molar refractivity (Wildman–Crippen MR) is 110 cm³/mol. The van der Waals surface area contributed by atoms with E-state index in [1.807, 2.05) is 19.9 Å². The Balaban J connectivity index is 1.36. The Morgan fingerprint density at radius 2 is 1.93 bits per heavy atom. The van der Waals surface area contributed by atoms with Crippen LogP contribution in [0.5, 0.6) is 5.75 Å². The molecule has 3 rings (SSSR count). The van der Waals surface area contributed by atoms with Crippen LogP contribution in [0.25, 0.3) is 0 Å². The number of ether oxygens (including phenoxy) is 1. The molecule has 1 aliphatic carbocycles. The fourth-order valence-corrected chi connectivity index (χ4v) is 4.13. The number of carbonyl (C=O) groups excluding carboxylic acids is 3. The molecule has 1 aromatic rings. The fourth-order valence-electron chi connectivity index (χ4n) is 4.13. The number of urea groups is 1. The van der Waals surface area contributed by atoms with Crippen molar-refractivity contribution in [3.8, 4) is 5.75 Å². The monoisotopic (exact) mass is 401 g/mol. The largest absolute Gasteiger partial charge is 0.493 e. The van der Waals surface area contributed by atoms with Gasteiger partial charge >= 0.3 is 6.03 Å². The molecule has 0 atom stereocenters. The Bertz CT molecular complexity index is 799. The van der Waals surface area contributed by atoms with E-state index in [2.05, 4.69) is 23.6 Å². The summed E-state index contributed by atoms with van der Waals surface area (Å²) in [6.07, 6.45) is 4.09. The fraction of sp³-hybridized carbons (Fsp3) is 0.591. The lowest BCUT2D eigenvalue weighted by Gasteiger charge is -2.19. The molecular formula is C22H31N3O4. The number of nitrogens with zero attached hydrogens (tertiary/aromatic N) is 1. The maximum absolute atomic E-state index is 12.6. The van der Waals surface area contributed by atoms with Gasteiger partial charge in [-0.1, -0.05) is 18.9 Å². The first-order chi connectivity index (χ1) is 13.8. The summed E-state index contributed by atoms with van der Waals surface area (Å²) in [5.41, 5.74) is 2.79. The summed E-state index contributed by atoms with van der Waals surface area (Å²) in [6, 6.07) is 3.78. The van der Waals surface area contributed by atoms with Crippen LogP contribution in [0.2, 0.25) is 0 Å². The topological polar surface area (TPSA) is 87.7 Å². The van der Waals surface area contributed by atoms with E-state index in [4.69, 9.17) is 4.74 Å². The Kier molecular flexibility index (Phi) is 6.45. The number of benzene rings is 1. The Hall–Kier alpha value is -2.57. The van der Waals surface area contributed by atoms with Crippen molar-refractivity contribution in [2.75, 3.05) is 19.7 Å². The van der Waals surface area contributed by atoms with Gasteiger partial charge in [0.2, 0.25) is 5.91 Å². The van der Waals surface area contributed by atoms with E-state index < -0.39 is 5.54 Å². The second-order valence-electron chi connectivity index (χ2n) is 8.18. The molecule has 0 unspecified atom stereocenters. The zero-order valence-electron chi connectivity index (χ0n) is 17.6. The summed E-state index contributed by atoms with van der Waals surface area (Å²) in [5, 5.41) is 5.66. The molecule has 0 aromatic heterocycles. The maximum Gasteiger partial charge on any atom is 0.325 e. The van der Waals surface area contributed by atoms with E-state index in [9.17, 15) is 14.4 Å². The van der Waals surface area contributed by atoms with E-state index >= 15 is 0 Å². The molecule has 1 saturated carbocycles. The number of hydrogen-bond donors (Lipinski definition) is 2. The highest BCUT2D eigenvalue weighted by Gasteiger charge is 2.52. The highest BCUT2D eigenvalue weighted by atomic mass is 16.5. The zero-order valence-corrected chi connectivity index (χ0v) is 17.6. The van der Waals surface area contributed by atoms with Crippen molar-refractivity contribution in [1.29, 1.82) is 0 Å². The Morgan fingerprint density at radius 3 is 2.66 bits per heavy atom. The van der Waals surface area contributed by atoms with Crippen molar-refractivity contribution < 1.29 is 19.1 Å². The summed E-state index contributed by atoms with van der Waals surface area (Å²) in [4.78, 5) is 37.9. The van der Waals surface area contributed by atoms with Crippen LogP contribution < -0.4 is 15.4 Å². The van der Waals surface area contributed by atoms with Gasteiger partial charge in [0.1, 0.15) is 11.3 Å². The molecular weight excluding hydrogens is 370 g/mol. The third kappa shape index (κ3) is 4.71. The first-order valence-electron chi connectivity index (χ1n) is 10.4. The van der Waals surface area contributed by atoms with Gasteiger partial charge < -0.3 is 15.4 Å². The predicted octanol–water partition coefficient (Wildman–Crippen LogP) is 2.75. The highest BCUT2D eigenvalue weighted by molar-refractivity contribution is 6.07. The van der Waals surface area contributed by atoms with Crippen molar-refractivity contribution in [1.82, 2.24) is 15.5 Å². The van der Waals surface area contributed by atoms with Crippen LogP contribution in [0.1, 0.15) is 55.2 Å². The van der Waals surface area contributed by atoms with E-state index in [-0.39, 0.29) is 30.8 Å². The molecule has 7 heteroatoms. The lowest BCUT2D eigenvalue weighted by Crippen LogP contribution is -2.44. The van der Waals surface area contributed by atoms with Gasteiger partial charge in [-0.3, -0.25) is 14.5 Å². The minimum Gasteiger partial charge on any atom is -0.493 e. The van der Waals surface area contributed by atoms with Gasteiger partial charge in [-0.15, -0.1) is 0 Å². The SMILES string of the molecule is Cc1cc(C)c(C)c(OCCCNC(=O)CCN2C(=O)NC3(CCCC3)C2=O)c1. The molecule has 29 heavy (non-hydrogen) atoms. The lowest BCUT2D eigenvalue weighted by molar-refractivity contribution is -0.131. The number of rotatable bonds is 8. The van der Waals surface area contributed by atoms with Crippen LogP contribution in [0.15, 0.2) is 12.1 Å². The van der Waals surface area contributed by atoms with E-state index in [0.29, 0.717) is 32.4 Å². The van der Waals surface area contributed by atoms with E-state index in [1.165, 1.54) is 10.5 Å². The molecule has 7 nitrogen and oxygen atoms in total. The molecule has 2 aliphatic rings. The molecule has 0 bridgehead atoms. The van der Waals surface area contributed by atoms with Gasteiger partial charge in [0, 0.05) is 19.5 Å². The number of imide groups is 1. The van der Waals surface area contributed by atoms with Gasteiger partial charge in [-0.25, -0.2) is 4.79 Å². The van der Waals surface area contributed by atoms with Crippen molar-refractivity contribution in [3.63, 3.8) is 0 Å². The number of amides is 4. The Labute approximate surface area is 172 Å². The molecule has 1 aromatic carbocycles. The zero-order chi connectivity index (χ0) is 21.0. The van der Waals surface area contributed by atoms with Crippen LogP contribution in [-0.4, -0.2) is 48.0 Å². The number of carbonyl (C=O) groups is 3. The molecule has 2 fully saturated rings. The molecule has 158 valence electrons. The third-order valence-corrected chi connectivity index (χ3v) is 5.93. The first kappa shape index (κ1) is 21.1. The van der Waals surface area contributed by atoms with Crippen molar-refractivity contribution in [2.24, 2.45) is 0 Å². The normalized spacial score (nSPS) is 17.7. The van der Waals surface area contributed by atoms with Gasteiger partial charge in [-0.05, 0) is 62.8 Å². The van der Waals surface area contributed by atoms with Crippen LogP contribution in [0, 0.1) is 20.8 Å². The molecule has 1 saturated heterocycles. The second-order valence-corrected chi connectivity index (χ2v) is 8.18. The van der Waals surface area contributed by atoms with E-state index in [0.717, 1.165) is 29.7 Å². The molecule has 1 heterocycles. The molecule has 2 N–H and O–H groups in total. The number of aryl methyl sites for hydroxylation is 2. The number of hydrogen-bond acceptors (Lipinski definition) is 4. The summed E-state index contributed by atoms with van der Waals surface area (Å²) >= 11 is 0. The van der Waals surface area contributed by atoms with Crippen molar-refractivity contribution in [3.05, 3.63) is 28.8 Å². The average molecular weight is 402 g/mol. The number of nitrogens with one attached hydrogen (secondary N) is 2. The minimum absolute atomic E-state index is 0.117. The molecule has 1 spiro atoms. The van der Waals surface area contributed by atoms with Crippen molar-refractivity contribution in [2.45, 2.75) is 64.8 Å². The smallest absolute Gasteiger partial charge is 0.325 e. The van der Waals surface area contributed by atoms with Gasteiger partial charge in [0.15, 0.2) is 0 Å². The summed E-state index contributed by atoms with van der Waals surface area (Å²) in [7, 11) is 0. The second kappa shape index (κ2) is 8.84. The molecule has 1 aliphatic heterocycles. The first-order valence-corrected chi connectivity index (χ1v) is 10.4. The lowest BCUT2D eigenvalue weighted by atomic mass is 9.98. The quantitative estimate of drug-likeness (QED) is 0.518.